The number of hydrogen-bond donors (Lipinski definition) is 7. The van der Waals surface area contributed by atoms with Crippen LogP contribution in [0.1, 0.15) is 12.8 Å². The first-order chi connectivity index (χ1) is 9.65. The molecule has 0 spiro atoms. The standard InChI is InChI=1S/C8H14N2O5S.C2H5NO2/c9-4(7(12)13)1-2-6(11)10-5(3-16)8(14)15;3-1-2(4)5/h4-5,16H,1-3,9H2,(H,10,11)(H,12,13)(H,14,15);1,3H2,(H,4,5). The third-order valence-corrected chi connectivity index (χ3v) is 2.36. The quantitative estimate of drug-likeness (QED) is 0.240. The van der Waals surface area contributed by atoms with E-state index >= 15 is 0 Å². The zero-order valence-corrected chi connectivity index (χ0v) is 12.0. The summed E-state index contributed by atoms with van der Waals surface area (Å²) in [5.74, 6) is -3.95. The second kappa shape index (κ2) is 11.9. The van der Waals surface area contributed by atoms with Crippen molar-refractivity contribution < 1.29 is 34.5 Å². The van der Waals surface area contributed by atoms with E-state index in [1.54, 1.807) is 0 Å². The lowest BCUT2D eigenvalue weighted by Crippen LogP contribution is -2.42. The predicted molar refractivity (Wildman–Crippen MR) is 75.0 cm³/mol. The minimum Gasteiger partial charge on any atom is -0.480 e. The van der Waals surface area contributed by atoms with Crippen LogP contribution in [0.3, 0.4) is 0 Å². The number of hydrogen-bond acceptors (Lipinski definition) is 7. The van der Waals surface area contributed by atoms with E-state index < -0.39 is 35.9 Å². The van der Waals surface area contributed by atoms with Crippen LogP contribution in [0, 0.1) is 0 Å². The minimum atomic E-state index is -1.20. The Morgan fingerprint density at radius 2 is 1.57 bits per heavy atom. The van der Waals surface area contributed by atoms with E-state index in [0.29, 0.717) is 0 Å². The maximum absolute atomic E-state index is 11.2. The maximum Gasteiger partial charge on any atom is 0.327 e. The number of thiol groups is 1. The van der Waals surface area contributed by atoms with Crippen molar-refractivity contribution in [2.24, 2.45) is 11.5 Å². The number of carbonyl (C=O) groups excluding carboxylic acids is 1. The Morgan fingerprint density at radius 3 is 1.86 bits per heavy atom. The average molecular weight is 325 g/mol. The molecular weight excluding hydrogens is 306 g/mol. The van der Waals surface area contributed by atoms with E-state index in [0.717, 1.165) is 0 Å². The topological polar surface area (TPSA) is 193 Å². The third kappa shape index (κ3) is 12.9. The fourth-order valence-corrected chi connectivity index (χ4v) is 1.11. The predicted octanol–water partition coefficient (Wildman–Crippen LogP) is -2.29. The summed E-state index contributed by atoms with van der Waals surface area (Å²) in [6.07, 6.45) is -0.175. The van der Waals surface area contributed by atoms with Crippen molar-refractivity contribution in [3.63, 3.8) is 0 Å². The molecule has 2 unspecified atom stereocenters. The first-order valence-electron chi connectivity index (χ1n) is 5.68. The van der Waals surface area contributed by atoms with E-state index in [9.17, 15) is 19.2 Å². The van der Waals surface area contributed by atoms with Gasteiger partial charge in [-0.1, -0.05) is 0 Å². The van der Waals surface area contributed by atoms with Crippen LogP contribution >= 0.6 is 12.6 Å². The SMILES string of the molecule is NC(CCC(=O)NC(CS)C(=O)O)C(=O)O.NCC(=O)O. The van der Waals surface area contributed by atoms with Crippen molar-refractivity contribution in [3.8, 4) is 0 Å². The average Bonchev–Trinajstić information content (AvgIpc) is 2.41. The van der Waals surface area contributed by atoms with Gasteiger partial charge >= 0.3 is 17.9 Å². The van der Waals surface area contributed by atoms with Gasteiger partial charge in [0.25, 0.3) is 0 Å². The Bertz CT molecular complexity index is 378. The van der Waals surface area contributed by atoms with Crippen LogP contribution in [-0.4, -0.2) is 63.5 Å². The lowest BCUT2D eigenvalue weighted by molar-refractivity contribution is -0.141. The molecule has 21 heavy (non-hydrogen) atoms. The number of aliphatic carboxylic acids is 3. The van der Waals surface area contributed by atoms with Gasteiger partial charge in [-0.2, -0.15) is 12.6 Å². The molecule has 1 amide bonds. The van der Waals surface area contributed by atoms with Crippen LogP contribution in [0.2, 0.25) is 0 Å². The molecule has 8 N–H and O–H groups in total. The summed E-state index contributed by atoms with van der Waals surface area (Å²) in [4.78, 5) is 41.3. The Morgan fingerprint density at radius 1 is 1.10 bits per heavy atom. The highest BCUT2D eigenvalue weighted by molar-refractivity contribution is 7.80. The number of carboxylic acids is 3. The molecule has 0 aliphatic rings. The molecule has 0 saturated carbocycles. The second-order valence-corrected chi connectivity index (χ2v) is 4.09. The number of rotatable bonds is 8. The van der Waals surface area contributed by atoms with Gasteiger partial charge in [0.15, 0.2) is 0 Å². The lowest BCUT2D eigenvalue weighted by Gasteiger charge is -2.12. The van der Waals surface area contributed by atoms with E-state index in [4.69, 9.17) is 21.1 Å². The monoisotopic (exact) mass is 325 g/mol. The van der Waals surface area contributed by atoms with Gasteiger partial charge in [-0.15, -0.1) is 0 Å². The number of nitrogens with one attached hydrogen (secondary N) is 1. The van der Waals surface area contributed by atoms with Gasteiger partial charge in [0.1, 0.15) is 12.1 Å². The maximum atomic E-state index is 11.2. The Hall–Kier alpha value is -1.85. The van der Waals surface area contributed by atoms with Gasteiger partial charge < -0.3 is 32.1 Å². The third-order valence-electron chi connectivity index (χ3n) is 1.99. The summed E-state index contributed by atoms with van der Waals surface area (Å²) >= 11 is 3.76. The summed E-state index contributed by atoms with van der Waals surface area (Å²) in [7, 11) is 0. The van der Waals surface area contributed by atoms with E-state index in [-0.39, 0.29) is 25.1 Å². The van der Waals surface area contributed by atoms with Gasteiger partial charge in [-0.25, -0.2) is 4.79 Å². The van der Waals surface area contributed by atoms with Crippen LogP contribution in [0.4, 0.5) is 0 Å². The van der Waals surface area contributed by atoms with Crippen molar-refractivity contribution in [1.29, 1.82) is 0 Å². The normalized spacial score (nSPS) is 12.3. The molecule has 0 heterocycles. The van der Waals surface area contributed by atoms with Gasteiger partial charge in [-0.3, -0.25) is 14.4 Å². The molecule has 0 aromatic heterocycles. The van der Waals surface area contributed by atoms with Crippen molar-refractivity contribution in [2.45, 2.75) is 24.9 Å². The molecule has 0 radical (unpaired) electrons. The number of carbonyl (C=O) groups is 4. The van der Waals surface area contributed by atoms with Gasteiger partial charge in [0.2, 0.25) is 5.91 Å². The Kier molecular flexibility index (Phi) is 12.2. The van der Waals surface area contributed by atoms with Crippen molar-refractivity contribution in [1.82, 2.24) is 5.32 Å². The molecule has 2 atom stereocenters. The van der Waals surface area contributed by atoms with E-state index in [1.807, 2.05) is 0 Å². The Labute approximate surface area is 125 Å². The fraction of sp³-hybridized carbons (Fsp3) is 0.600. The Balaban J connectivity index is 0. The van der Waals surface area contributed by atoms with E-state index in [2.05, 4.69) is 23.7 Å². The van der Waals surface area contributed by atoms with Crippen LogP contribution < -0.4 is 16.8 Å². The van der Waals surface area contributed by atoms with Gasteiger partial charge in [-0.05, 0) is 6.42 Å². The molecule has 10 nitrogen and oxygen atoms in total. The zero-order chi connectivity index (χ0) is 17.0. The zero-order valence-electron chi connectivity index (χ0n) is 11.1. The molecule has 0 aromatic carbocycles. The van der Waals surface area contributed by atoms with Crippen molar-refractivity contribution in [3.05, 3.63) is 0 Å². The van der Waals surface area contributed by atoms with E-state index in [1.165, 1.54) is 0 Å². The molecule has 122 valence electrons. The number of nitrogens with two attached hydrogens (primary N) is 2. The smallest absolute Gasteiger partial charge is 0.327 e. The van der Waals surface area contributed by atoms with Crippen LogP contribution in [0.5, 0.6) is 0 Å². The molecule has 0 aliphatic carbocycles. The highest BCUT2D eigenvalue weighted by Crippen LogP contribution is 1.97. The first-order valence-corrected chi connectivity index (χ1v) is 6.32. The summed E-state index contributed by atoms with van der Waals surface area (Å²) in [6, 6.07) is -2.19. The summed E-state index contributed by atoms with van der Waals surface area (Å²) < 4.78 is 0. The van der Waals surface area contributed by atoms with Crippen LogP contribution in [0.15, 0.2) is 0 Å². The summed E-state index contributed by atoms with van der Waals surface area (Å²) in [6.45, 7) is -0.278. The fourth-order valence-electron chi connectivity index (χ4n) is 0.862. The van der Waals surface area contributed by atoms with Crippen molar-refractivity contribution >= 4 is 36.4 Å². The highest BCUT2D eigenvalue weighted by atomic mass is 32.1. The molecule has 0 rings (SSSR count). The second-order valence-electron chi connectivity index (χ2n) is 3.72. The number of amides is 1. The summed E-state index contributed by atoms with van der Waals surface area (Å²) in [5.41, 5.74) is 9.75. The van der Waals surface area contributed by atoms with Crippen molar-refractivity contribution in [2.75, 3.05) is 12.3 Å². The minimum absolute atomic E-state index is 0.0357. The van der Waals surface area contributed by atoms with Crippen LogP contribution in [0.25, 0.3) is 0 Å². The van der Waals surface area contributed by atoms with Gasteiger partial charge in [0, 0.05) is 12.2 Å². The molecule has 0 aromatic rings. The molecule has 0 saturated heterocycles. The molecule has 0 fully saturated rings. The first kappa shape index (κ1) is 21.4. The largest absolute Gasteiger partial charge is 0.480 e. The molecule has 0 aliphatic heterocycles. The molecular formula is C10H19N3O7S. The summed E-state index contributed by atoms with van der Waals surface area (Å²) in [5, 5.41) is 26.8. The number of carboxylic acid groups (broad SMARTS) is 3. The van der Waals surface area contributed by atoms with Gasteiger partial charge in [0.05, 0.1) is 6.54 Å². The molecule has 11 heteroatoms. The highest BCUT2D eigenvalue weighted by Gasteiger charge is 2.19. The molecule has 0 bridgehead atoms. The van der Waals surface area contributed by atoms with Crippen LogP contribution in [-0.2, 0) is 19.2 Å². The lowest BCUT2D eigenvalue weighted by atomic mass is 10.1.